The lowest BCUT2D eigenvalue weighted by molar-refractivity contribution is -0.139. The second-order valence-corrected chi connectivity index (χ2v) is 3.92. The van der Waals surface area contributed by atoms with E-state index >= 15 is 0 Å². The summed E-state index contributed by atoms with van der Waals surface area (Å²) in [4.78, 5) is 13.6. The van der Waals surface area contributed by atoms with E-state index in [1.54, 1.807) is 13.8 Å². The van der Waals surface area contributed by atoms with Crippen molar-refractivity contribution in [3.63, 3.8) is 0 Å². The van der Waals surface area contributed by atoms with Crippen molar-refractivity contribution < 1.29 is 9.90 Å². The molecule has 0 bridgehead atoms. The van der Waals surface area contributed by atoms with Gasteiger partial charge in [-0.25, -0.2) is 0 Å². The Morgan fingerprint density at radius 1 is 1.23 bits per heavy atom. The molecule has 0 aromatic rings. The zero-order valence-corrected chi connectivity index (χ0v) is 8.49. The minimum Gasteiger partial charge on any atom is -0.393 e. The van der Waals surface area contributed by atoms with Crippen molar-refractivity contribution in [2.45, 2.75) is 39.2 Å². The van der Waals surface area contributed by atoms with Crippen LogP contribution < -0.4 is 0 Å². The van der Waals surface area contributed by atoms with Gasteiger partial charge in [0.05, 0.1) is 12.0 Å². The molecule has 1 heterocycles. The summed E-state index contributed by atoms with van der Waals surface area (Å²) in [6.45, 7) is 5.21. The minimum absolute atomic E-state index is 0.106. The van der Waals surface area contributed by atoms with E-state index < -0.39 is 6.10 Å². The molecule has 0 spiro atoms. The first-order valence-corrected chi connectivity index (χ1v) is 5.10. The Hall–Kier alpha value is -0.570. The number of carbonyl (C=O) groups excluding carboxylic acids is 1. The molecular weight excluding hydrogens is 166 g/mol. The second-order valence-electron chi connectivity index (χ2n) is 3.92. The van der Waals surface area contributed by atoms with Crippen LogP contribution in [0.25, 0.3) is 0 Å². The van der Waals surface area contributed by atoms with Crippen molar-refractivity contribution in [1.82, 2.24) is 4.90 Å². The maximum Gasteiger partial charge on any atom is 0.227 e. The number of piperidine rings is 1. The van der Waals surface area contributed by atoms with Crippen LogP contribution in [0, 0.1) is 5.92 Å². The quantitative estimate of drug-likeness (QED) is 0.697. The van der Waals surface area contributed by atoms with Gasteiger partial charge in [-0.15, -0.1) is 0 Å². The fourth-order valence-electron chi connectivity index (χ4n) is 1.61. The number of rotatable bonds is 2. The van der Waals surface area contributed by atoms with Crippen LogP contribution in [0.1, 0.15) is 33.1 Å². The van der Waals surface area contributed by atoms with E-state index in [2.05, 4.69) is 0 Å². The number of aliphatic hydroxyl groups is 1. The van der Waals surface area contributed by atoms with Gasteiger partial charge in [-0.1, -0.05) is 6.92 Å². The Labute approximate surface area is 79.7 Å². The fourth-order valence-corrected chi connectivity index (χ4v) is 1.61. The van der Waals surface area contributed by atoms with Gasteiger partial charge >= 0.3 is 0 Å². The molecule has 1 aliphatic rings. The highest BCUT2D eigenvalue weighted by molar-refractivity contribution is 5.79. The maximum absolute atomic E-state index is 11.7. The molecule has 0 aromatic heterocycles. The van der Waals surface area contributed by atoms with Crippen molar-refractivity contribution in [1.29, 1.82) is 0 Å². The van der Waals surface area contributed by atoms with Gasteiger partial charge in [-0.2, -0.15) is 0 Å². The van der Waals surface area contributed by atoms with Gasteiger partial charge in [-0.3, -0.25) is 4.79 Å². The van der Waals surface area contributed by atoms with E-state index in [9.17, 15) is 9.90 Å². The van der Waals surface area contributed by atoms with Gasteiger partial charge in [0, 0.05) is 13.1 Å². The van der Waals surface area contributed by atoms with Crippen LogP contribution >= 0.6 is 0 Å². The molecule has 3 nitrogen and oxygen atoms in total. The third-order valence-corrected chi connectivity index (χ3v) is 2.78. The number of amides is 1. The smallest absolute Gasteiger partial charge is 0.227 e. The summed E-state index contributed by atoms with van der Waals surface area (Å²) in [6, 6.07) is 0. The molecule has 1 rings (SSSR count). The Morgan fingerprint density at radius 3 is 2.23 bits per heavy atom. The average molecular weight is 185 g/mol. The van der Waals surface area contributed by atoms with Crippen molar-refractivity contribution in [3.8, 4) is 0 Å². The van der Waals surface area contributed by atoms with Crippen LogP contribution in [-0.2, 0) is 4.79 Å². The first-order valence-electron chi connectivity index (χ1n) is 5.10. The number of nitrogens with zero attached hydrogens (tertiary/aromatic N) is 1. The van der Waals surface area contributed by atoms with Crippen LogP contribution in [0.5, 0.6) is 0 Å². The van der Waals surface area contributed by atoms with Gasteiger partial charge in [0.2, 0.25) is 5.91 Å². The van der Waals surface area contributed by atoms with E-state index in [-0.39, 0.29) is 11.8 Å². The predicted molar refractivity (Wildman–Crippen MR) is 51.3 cm³/mol. The molecule has 0 aliphatic carbocycles. The number of hydrogen-bond donors (Lipinski definition) is 1. The molecule has 0 radical (unpaired) electrons. The fraction of sp³-hybridized carbons (Fsp3) is 0.900. The van der Waals surface area contributed by atoms with E-state index in [0.717, 1.165) is 25.9 Å². The van der Waals surface area contributed by atoms with Crippen LogP contribution in [-0.4, -0.2) is 35.1 Å². The SMILES string of the molecule is CC(O)C(C)C(=O)N1CCCCC1. The van der Waals surface area contributed by atoms with Crippen molar-refractivity contribution >= 4 is 5.91 Å². The standard InChI is InChI=1S/C10H19NO2/c1-8(9(2)12)10(13)11-6-4-3-5-7-11/h8-9,12H,3-7H2,1-2H3. The van der Waals surface area contributed by atoms with E-state index in [1.807, 2.05) is 4.90 Å². The molecule has 2 unspecified atom stereocenters. The summed E-state index contributed by atoms with van der Waals surface area (Å²) >= 11 is 0. The second kappa shape index (κ2) is 4.61. The highest BCUT2D eigenvalue weighted by Gasteiger charge is 2.24. The molecule has 0 saturated carbocycles. The molecule has 1 fully saturated rings. The Morgan fingerprint density at radius 2 is 1.77 bits per heavy atom. The third-order valence-electron chi connectivity index (χ3n) is 2.78. The topological polar surface area (TPSA) is 40.5 Å². The van der Waals surface area contributed by atoms with Crippen molar-refractivity contribution in [2.75, 3.05) is 13.1 Å². The van der Waals surface area contributed by atoms with Gasteiger partial charge in [-0.05, 0) is 26.2 Å². The Kier molecular flexibility index (Phi) is 3.72. The molecule has 13 heavy (non-hydrogen) atoms. The normalized spacial score (nSPS) is 22.5. The van der Waals surface area contributed by atoms with E-state index in [4.69, 9.17) is 0 Å². The number of hydrogen-bond acceptors (Lipinski definition) is 2. The lowest BCUT2D eigenvalue weighted by atomic mass is 10.0. The number of aliphatic hydroxyl groups excluding tert-OH is 1. The molecule has 1 N–H and O–H groups in total. The maximum atomic E-state index is 11.7. The van der Waals surface area contributed by atoms with E-state index in [0.29, 0.717) is 0 Å². The summed E-state index contributed by atoms with van der Waals surface area (Å²) in [7, 11) is 0. The molecule has 1 amide bonds. The molecular formula is C10H19NO2. The van der Waals surface area contributed by atoms with Crippen molar-refractivity contribution in [3.05, 3.63) is 0 Å². The minimum atomic E-state index is -0.533. The van der Waals surface area contributed by atoms with E-state index in [1.165, 1.54) is 6.42 Å². The molecule has 0 aromatic carbocycles. The first-order chi connectivity index (χ1) is 6.13. The number of carbonyl (C=O) groups is 1. The molecule has 3 heteroatoms. The van der Waals surface area contributed by atoms with Crippen LogP contribution in [0.3, 0.4) is 0 Å². The average Bonchev–Trinajstić information content (AvgIpc) is 2.17. The highest BCUT2D eigenvalue weighted by atomic mass is 16.3. The zero-order valence-electron chi connectivity index (χ0n) is 8.49. The van der Waals surface area contributed by atoms with Gasteiger partial charge in [0.15, 0.2) is 0 Å². The van der Waals surface area contributed by atoms with Gasteiger partial charge in [0.1, 0.15) is 0 Å². The lowest BCUT2D eigenvalue weighted by Gasteiger charge is -2.30. The van der Waals surface area contributed by atoms with Crippen LogP contribution in [0.4, 0.5) is 0 Å². The van der Waals surface area contributed by atoms with Crippen LogP contribution in [0.15, 0.2) is 0 Å². The molecule has 1 saturated heterocycles. The predicted octanol–water partition coefficient (Wildman–Crippen LogP) is 1.02. The summed E-state index contributed by atoms with van der Waals surface area (Å²) in [6.07, 6.45) is 2.91. The monoisotopic (exact) mass is 185 g/mol. The first kappa shape index (κ1) is 10.5. The largest absolute Gasteiger partial charge is 0.393 e. The van der Waals surface area contributed by atoms with Crippen LogP contribution in [0.2, 0.25) is 0 Å². The Bertz CT molecular complexity index is 174. The third kappa shape index (κ3) is 2.69. The zero-order chi connectivity index (χ0) is 9.84. The lowest BCUT2D eigenvalue weighted by Crippen LogP contribution is -2.41. The number of likely N-dealkylation sites (tertiary alicyclic amines) is 1. The highest BCUT2D eigenvalue weighted by Crippen LogP contribution is 2.14. The van der Waals surface area contributed by atoms with Gasteiger partial charge < -0.3 is 10.0 Å². The molecule has 1 aliphatic heterocycles. The summed E-state index contributed by atoms with van der Waals surface area (Å²) in [5, 5.41) is 9.27. The van der Waals surface area contributed by atoms with Crippen molar-refractivity contribution in [2.24, 2.45) is 5.92 Å². The molecule has 76 valence electrons. The molecule has 2 atom stereocenters. The van der Waals surface area contributed by atoms with Gasteiger partial charge in [0.25, 0.3) is 0 Å². The Balaban J connectivity index is 2.45. The summed E-state index contributed by atoms with van der Waals surface area (Å²) < 4.78 is 0. The summed E-state index contributed by atoms with van der Waals surface area (Å²) in [5.41, 5.74) is 0. The summed E-state index contributed by atoms with van der Waals surface area (Å²) in [5.74, 6) is -0.146.